The lowest BCUT2D eigenvalue weighted by Crippen LogP contribution is -2.26. The van der Waals surface area contributed by atoms with Crippen molar-refractivity contribution in [2.45, 2.75) is 13.5 Å². The van der Waals surface area contributed by atoms with Crippen molar-refractivity contribution in [2.75, 3.05) is 7.05 Å². The molecule has 0 saturated heterocycles. The molecule has 0 atom stereocenters. The summed E-state index contributed by atoms with van der Waals surface area (Å²) in [6.45, 7) is 2.49. The average Bonchev–Trinajstić information content (AvgIpc) is 3.30. The van der Waals surface area contributed by atoms with Gasteiger partial charge >= 0.3 is 0 Å². The van der Waals surface area contributed by atoms with Crippen LogP contribution < -0.4 is 0 Å². The second-order valence-corrected chi connectivity index (χ2v) is 6.42. The van der Waals surface area contributed by atoms with E-state index in [1.54, 1.807) is 18.2 Å². The molecule has 0 radical (unpaired) electrons. The number of aryl methyl sites for hydroxylation is 1. The van der Waals surface area contributed by atoms with Gasteiger partial charge in [-0.15, -0.1) is 0 Å². The molecule has 0 fully saturated rings. The van der Waals surface area contributed by atoms with Crippen LogP contribution in [0.1, 0.15) is 21.7 Å². The Morgan fingerprint density at radius 3 is 2.65 bits per heavy atom. The molecule has 3 heterocycles. The molecule has 0 bridgehead atoms. The number of hydrogen-bond acceptors (Lipinski definition) is 3. The molecule has 5 nitrogen and oxygen atoms in total. The summed E-state index contributed by atoms with van der Waals surface area (Å²) in [5, 5.41) is 0. The van der Waals surface area contributed by atoms with Crippen molar-refractivity contribution < 1.29 is 9.21 Å². The van der Waals surface area contributed by atoms with Crippen LogP contribution in [-0.4, -0.2) is 27.2 Å². The van der Waals surface area contributed by atoms with Crippen molar-refractivity contribution in [1.82, 2.24) is 14.3 Å². The smallest absolute Gasteiger partial charge is 0.255 e. The largest absolute Gasteiger partial charge is 0.467 e. The van der Waals surface area contributed by atoms with Crippen LogP contribution in [-0.2, 0) is 6.54 Å². The van der Waals surface area contributed by atoms with Crippen molar-refractivity contribution in [3.05, 3.63) is 84.1 Å². The number of furan rings is 1. The Morgan fingerprint density at radius 1 is 1.12 bits per heavy atom. The maximum absolute atomic E-state index is 12.7. The molecule has 1 aromatic carbocycles. The number of aromatic nitrogens is 2. The van der Waals surface area contributed by atoms with Gasteiger partial charge in [-0.1, -0.05) is 29.8 Å². The second-order valence-electron chi connectivity index (χ2n) is 6.42. The fraction of sp³-hybridized carbons (Fsp3) is 0.143. The number of pyridine rings is 1. The van der Waals surface area contributed by atoms with Crippen molar-refractivity contribution in [1.29, 1.82) is 0 Å². The number of carbonyl (C=O) groups is 1. The molecule has 0 aliphatic heterocycles. The van der Waals surface area contributed by atoms with E-state index in [1.165, 1.54) is 5.56 Å². The Morgan fingerprint density at radius 2 is 1.92 bits per heavy atom. The van der Waals surface area contributed by atoms with Gasteiger partial charge in [-0.25, -0.2) is 4.98 Å². The Bertz CT molecular complexity index is 1050. The van der Waals surface area contributed by atoms with Gasteiger partial charge in [0.2, 0.25) is 0 Å². The Labute approximate surface area is 151 Å². The zero-order chi connectivity index (χ0) is 18.1. The molecule has 0 aliphatic carbocycles. The minimum atomic E-state index is -0.0612. The first-order valence-corrected chi connectivity index (χ1v) is 8.44. The summed E-state index contributed by atoms with van der Waals surface area (Å²) in [6, 6.07) is 15.6. The number of rotatable bonds is 4. The van der Waals surface area contributed by atoms with Crippen LogP contribution >= 0.6 is 0 Å². The molecule has 0 saturated carbocycles. The van der Waals surface area contributed by atoms with E-state index in [-0.39, 0.29) is 5.91 Å². The number of hydrogen-bond donors (Lipinski definition) is 0. The zero-order valence-electron chi connectivity index (χ0n) is 14.7. The second kappa shape index (κ2) is 6.52. The molecular formula is C21H19N3O2. The first-order valence-electron chi connectivity index (χ1n) is 8.44. The molecule has 0 aliphatic rings. The highest BCUT2D eigenvalue weighted by Crippen LogP contribution is 2.20. The van der Waals surface area contributed by atoms with Crippen molar-refractivity contribution in [3.63, 3.8) is 0 Å². The van der Waals surface area contributed by atoms with Crippen LogP contribution in [0.3, 0.4) is 0 Å². The molecule has 4 rings (SSSR count). The molecule has 3 aromatic heterocycles. The van der Waals surface area contributed by atoms with E-state index >= 15 is 0 Å². The van der Waals surface area contributed by atoms with E-state index < -0.39 is 0 Å². The van der Waals surface area contributed by atoms with Gasteiger partial charge in [-0.3, -0.25) is 4.79 Å². The predicted octanol–water partition coefficient (Wildman–Crippen LogP) is 4.17. The standard InChI is InChI=1S/C21H19N3O2/c1-15-5-7-16(8-6-15)19-14-24-12-17(9-10-20(24)22-19)21(25)23(2)13-18-4-3-11-26-18/h3-12,14H,13H2,1-2H3. The monoisotopic (exact) mass is 345 g/mol. The lowest BCUT2D eigenvalue weighted by Gasteiger charge is -2.15. The van der Waals surface area contributed by atoms with Crippen molar-refractivity contribution >= 4 is 11.6 Å². The Kier molecular flexibility index (Phi) is 4.05. The van der Waals surface area contributed by atoms with E-state index in [0.717, 1.165) is 22.7 Å². The highest BCUT2D eigenvalue weighted by atomic mass is 16.3. The Hall–Kier alpha value is -3.34. The summed E-state index contributed by atoms with van der Waals surface area (Å²) in [7, 11) is 1.76. The van der Waals surface area contributed by atoms with E-state index in [2.05, 4.69) is 36.2 Å². The Balaban J connectivity index is 1.60. The summed E-state index contributed by atoms with van der Waals surface area (Å²) in [5.41, 5.74) is 4.58. The van der Waals surface area contributed by atoms with Crippen molar-refractivity contribution in [3.8, 4) is 11.3 Å². The first kappa shape index (κ1) is 16.1. The number of imidazole rings is 1. The lowest BCUT2D eigenvalue weighted by atomic mass is 10.1. The molecular weight excluding hydrogens is 326 g/mol. The lowest BCUT2D eigenvalue weighted by molar-refractivity contribution is 0.0775. The molecule has 1 amide bonds. The molecule has 26 heavy (non-hydrogen) atoms. The van der Waals surface area contributed by atoms with Crippen LogP contribution in [0, 0.1) is 6.92 Å². The summed E-state index contributed by atoms with van der Waals surface area (Å²) in [6.07, 6.45) is 5.38. The minimum Gasteiger partial charge on any atom is -0.467 e. The molecule has 0 spiro atoms. The summed E-state index contributed by atoms with van der Waals surface area (Å²) >= 11 is 0. The average molecular weight is 345 g/mol. The SMILES string of the molecule is Cc1ccc(-c2cn3cc(C(=O)N(C)Cc4ccco4)ccc3n2)cc1. The fourth-order valence-corrected chi connectivity index (χ4v) is 2.91. The third-order valence-corrected chi connectivity index (χ3v) is 4.37. The normalized spacial score (nSPS) is 11.0. The molecule has 0 unspecified atom stereocenters. The topological polar surface area (TPSA) is 50.8 Å². The van der Waals surface area contributed by atoms with Gasteiger partial charge < -0.3 is 13.7 Å². The quantitative estimate of drug-likeness (QED) is 0.558. The zero-order valence-corrected chi connectivity index (χ0v) is 14.7. The minimum absolute atomic E-state index is 0.0612. The third-order valence-electron chi connectivity index (χ3n) is 4.37. The first-order chi connectivity index (χ1) is 12.6. The number of fused-ring (bicyclic) bond motifs is 1. The number of benzene rings is 1. The molecule has 4 aromatic rings. The van der Waals surface area contributed by atoms with Crippen LogP contribution in [0.2, 0.25) is 0 Å². The number of nitrogens with zero attached hydrogens (tertiary/aromatic N) is 3. The van der Waals surface area contributed by atoms with Crippen molar-refractivity contribution in [2.24, 2.45) is 0 Å². The van der Waals surface area contributed by atoms with Gasteiger partial charge in [0.15, 0.2) is 0 Å². The van der Waals surface area contributed by atoms with Crippen LogP contribution in [0.4, 0.5) is 0 Å². The van der Waals surface area contributed by atoms with E-state index in [4.69, 9.17) is 4.42 Å². The third kappa shape index (κ3) is 3.11. The van der Waals surface area contributed by atoms with Gasteiger partial charge in [0.1, 0.15) is 11.4 Å². The van der Waals surface area contributed by atoms with E-state index in [1.807, 2.05) is 41.1 Å². The van der Waals surface area contributed by atoms with Gasteiger partial charge in [0, 0.05) is 25.0 Å². The predicted molar refractivity (Wildman–Crippen MR) is 99.9 cm³/mol. The molecule has 0 N–H and O–H groups in total. The van der Waals surface area contributed by atoms with E-state index in [9.17, 15) is 4.79 Å². The van der Waals surface area contributed by atoms with Gasteiger partial charge in [0.05, 0.1) is 24.1 Å². The van der Waals surface area contributed by atoms with Gasteiger partial charge in [0.25, 0.3) is 5.91 Å². The highest BCUT2D eigenvalue weighted by molar-refractivity contribution is 5.94. The number of carbonyl (C=O) groups excluding carboxylic acids is 1. The maximum Gasteiger partial charge on any atom is 0.255 e. The summed E-state index contributed by atoms with van der Waals surface area (Å²) in [5.74, 6) is 0.695. The van der Waals surface area contributed by atoms with Gasteiger partial charge in [-0.05, 0) is 31.2 Å². The van der Waals surface area contributed by atoms with Crippen LogP contribution in [0.15, 0.2) is 71.6 Å². The fourth-order valence-electron chi connectivity index (χ4n) is 2.91. The summed E-state index contributed by atoms with van der Waals surface area (Å²) in [4.78, 5) is 19.0. The van der Waals surface area contributed by atoms with Gasteiger partial charge in [-0.2, -0.15) is 0 Å². The van der Waals surface area contributed by atoms with Crippen LogP contribution in [0.25, 0.3) is 16.9 Å². The highest BCUT2D eigenvalue weighted by Gasteiger charge is 2.14. The molecule has 130 valence electrons. The summed E-state index contributed by atoms with van der Waals surface area (Å²) < 4.78 is 7.20. The maximum atomic E-state index is 12.7. The van der Waals surface area contributed by atoms with Crippen LogP contribution in [0.5, 0.6) is 0 Å². The van der Waals surface area contributed by atoms with E-state index in [0.29, 0.717) is 12.1 Å². The molecule has 5 heteroatoms. The number of amides is 1.